The summed E-state index contributed by atoms with van der Waals surface area (Å²) in [6, 6.07) is 15.0. The van der Waals surface area contributed by atoms with E-state index >= 15 is 0 Å². The van der Waals surface area contributed by atoms with E-state index in [4.69, 9.17) is 4.74 Å². The Kier molecular flexibility index (Phi) is 5.81. The lowest BCUT2D eigenvalue weighted by Gasteiger charge is -2.05. The van der Waals surface area contributed by atoms with Crippen molar-refractivity contribution in [3.8, 4) is 0 Å². The summed E-state index contributed by atoms with van der Waals surface area (Å²) >= 11 is 0. The molecule has 1 saturated carbocycles. The zero-order valence-electron chi connectivity index (χ0n) is 14.7. The molecule has 0 aliphatic heterocycles. The normalized spacial score (nSPS) is 13.6. The standard InChI is InChI=1S/C21H22N2O3/c1-26-14-16-3-2-4-19(13-16)22-20(24)12-7-15-5-8-17(9-6-15)21(25)23-18-10-11-18/h2-9,12-13,18H,10-11,14H2,1H3,(H,22,24)(H,23,25)/b12-7+. The Morgan fingerprint density at radius 2 is 1.92 bits per heavy atom. The van der Waals surface area contributed by atoms with Crippen LogP contribution in [0.4, 0.5) is 5.69 Å². The largest absolute Gasteiger partial charge is 0.380 e. The maximum Gasteiger partial charge on any atom is 0.251 e. The van der Waals surface area contributed by atoms with Crippen molar-refractivity contribution in [2.75, 3.05) is 12.4 Å². The van der Waals surface area contributed by atoms with Gasteiger partial charge >= 0.3 is 0 Å². The molecule has 0 spiro atoms. The number of anilines is 1. The Morgan fingerprint density at radius 3 is 2.62 bits per heavy atom. The smallest absolute Gasteiger partial charge is 0.251 e. The van der Waals surface area contributed by atoms with Crippen LogP contribution in [0.2, 0.25) is 0 Å². The van der Waals surface area contributed by atoms with Crippen molar-refractivity contribution < 1.29 is 14.3 Å². The number of hydrogen-bond donors (Lipinski definition) is 2. The molecule has 0 unspecified atom stereocenters. The molecule has 2 amide bonds. The van der Waals surface area contributed by atoms with Gasteiger partial charge in [-0.05, 0) is 54.3 Å². The zero-order chi connectivity index (χ0) is 18.4. The van der Waals surface area contributed by atoms with Crippen LogP contribution in [0.25, 0.3) is 6.08 Å². The van der Waals surface area contributed by atoms with E-state index < -0.39 is 0 Å². The summed E-state index contributed by atoms with van der Waals surface area (Å²) in [6.07, 6.45) is 5.32. The third-order valence-corrected chi connectivity index (χ3v) is 4.02. The Labute approximate surface area is 153 Å². The van der Waals surface area contributed by atoms with Gasteiger partial charge in [-0.15, -0.1) is 0 Å². The van der Waals surface area contributed by atoms with Crippen LogP contribution in [0, 0.1) is 0 Å². The van der Waals surface area contributed by atoms with Gasteiger partial charge in [0, 0.05) is 30.5 Å². The maximum atomic E-state index is 12.1. The minimum Gasteiger partial charge on any atom is -0.380 e. The van der Waals surface area contributed by atoms with Crippen molar-refractivity contribution in [2.24, 2.45) is 0 Å². The molecule has 1 aliphatic carbocycles. The molecule has 2 aromatic carbocycles. The van der Waals surface area contributed by atoms with E-state index in [-0.39, 0.29) is 11.8 Å². The first-order chi connectivity index (χ1) is 12.6. The lowest BCUT2D eigenvalue weighted by molar-refractivity contribution is -0.111. The molecule has 1 fully saturated rings. The van der Waals surface area contributed by atoms with Crippen molar-refractivity contribution in [1.82, 2.24) is 5.32 Å². The van der Waals surface area contributed by atoms with E-state index in [0.29, 0.717) is 18.2 Å². The first-order valence-corrected chi connectivity index (χ1v) is 8.62. The molecule has 5 heteroatoms. The van der Waals surface area contributed by atoms with Gasteiger partial charge in [0.05, 0.1) is 6.61 Å². The number of hydrogen-bond acceptors (Lipinski definition) is 3. The summed E-state index contributed by atoms with van der Waals surface area (Å²) in [5, 5.41) is 5.77. The van der Waals surface area contributed by atoms with Crippen LogP contribution in [0.3, 0.4) is 0 Å². The molecule has 0 bridgehead atoms. The monoisotopic (exact) mass is 350 g/mol. The summed E-state index contributed by atoms with van der Waals surface area (Å²) in [5.74, 6) is -0.258. The molecular formula is C21H22N2O3. The Morgan fingerprint density at radius 1 is 1.15 bits per heavy atom. The predicted octanol–water partition coefficient (Wildman–Crippen LogP) is 3.38. The van der Waals surface area contributed by atoms with E-state index in [2.05, 4.69) is 10.6 Å². The van der Waals surface area contributed by atoms with Gasteiger partial charge in [-0.25, -0.2) is 0 Å². The van der Waals surface area contributed by atoms with Gasteiger partial charge < -0.3 is 15.4 Å². The Bertz CT molecular complexity index is 808. The van der Waals surface area contributed by atoms with Crippen molar-refractivity contribution in [3.63, 3.8) is 0 Å². The second-order valence-corrected chi connectivity index (χ2v) is 6.33. The van der Waals surface area contributed by atoms with E-state index in [1.54, 1.807) is 25.3 Å². The van der Waals surface area contributed by atoms with Gasteiger partial charge in [0.1, 0.15) is 0 Å². The number of rotatable bonds is 7. The molecule has 0 saturated heterocycles. The number of carbonyl (C=O) groups excluding carboxylic acids is 2. The molecule has 1 aliphatic rings. The van der Waals surface area contributed by atoms with Gasteiger partial charge in [-0.2, -0.15) is 0 Å². The average Bonchev–Trinajstić information content (AvgIpc) is 3.45. The summed E-state index contributed by atoms with van der Waals surface area (Å²) in [5.41, 5.74) is 3.21. The van der Waals surface area contributed by atoms with Gasteiger partial charge in [-0.1, -0.05) is 24.3 Å². The molecule has 0 heterocycles. The van der Waals surface area contributed by atoms with Gasteiger partial charge in [0.25, 0.3) is 5.91 Å². The van der Waals surface area contributed by atoms with Crippen molar-refractivity contribution in [2.45, 2.75) is 25.5 Å². The minimum atomic E-state index is -0.213. The zero-order valence-corrected chi connectivity index (χ0v) is 14.7. The van der Waals surface area contributed by atoms with Crippen LogP contribution in [0.1, 0.15) is 34.3 Å². The fourth-order valence-electron chi connectivity index (χ4n) is 2.50. The summed E-state index contributed by atoms with van der Waals surface area (Å²) < 4.78 is 5.09. The average molecular weight is 350 g/mol. The maximum absolute atomic E-state index is 12.1. The number of nitrogens with one attached hydrogen (secondary N) is 2. The number of amides is 2. The van der Waals surface area contributed by atoms with Crippen molar-refractivity contribution in [3.05, 3.63) is 71.3 Å². The number of carbonyl (C=O) groups is 2. The molecule has 0 aromatic heterocycles. The van der Waals surface area contributed by atoms with Crippen LogP contribution >= 0.6 is 0 Å². The minimum absolute atomic E-state index is 0.0447. The fraction of sp³-hybridized carbons (Fsp3) is 0.238. The fourth-order valence-corrected chi connectivity index (χ4v) is 2.50. The molecule has 3 rings (SSSR count). The topological polar surface area (TPSA) is 67.4 Å². The third kappa shape index (κ3) is 5.29. The van der Waals surface area contributed by atoms with Crippen LogP contribution in [0.15, 0.2) is 54.6 Å². The molecular weight excluding hydrogens is 328 g/mol. The van der Waals surface area contributed by atoms with Crippen LogP contribution < -0.4 is 10.6 Å². The SMILES string of the molecule is COCc1cccc(NC(=O)/C=C/c2ccc(C(=O)NC3CC3)cc2)c1. The predicted molar refractivity (Wildman–Crippen MR) is 102 cm³/mol. The van der Waals surface area contributed by atoms with Crippen molar-refractivity contribution in [1.29, 1.82) is 0 Å². The molecule has 26 heavy (non-hydrogen) atoms. The van der Waals surface area contributed by atoms with E-state index in [1.165, 1.54) is 6.08 Å². The van der Waals surface area contributed by atoms with Gasteiger partial charge in [0.15, 0.2) is 0 Å². The highest BCUT2D eigenvalue weighted by atomic mass is 16.5. The second-order valence-electron chi connectivity index (χ2n) is 6.33. The van der Waals surface area contributed by atoms with E-state index in [1.807, 2.05) is 36.4 Å². The number of benzene rings is 2. The van der Waals surface area contributed by atoms with Gasteiger partial charge in [0.2, 0.25) is 5.91 Å². The molecule has 5 nitrogen and oxygen atoms in total. The first-order valence-electron chi connectivity index (χ1n) is 8.62. The highest BCUT2D eigenvalue weighted by Gasteiger charge is 2.23. The molecule has 0 radical (unpaired) electrons. The molecule has 2 N–H and O–H groups in total. The molecule has 0 atom stereocenters. The summed E-state index contributed by atoms with van der Waals surface area (Å²) in [4.78, 5) is 24.0. The lowest BCUT2D eigenvalue weighted by Crippen LogP contribution is -2.25. The lowest BCUT2D eigenvalue weighted by atomic mass is 10.1. The van der Waals surface area contributed by atoms with Crippen LogP contribution in [0.5, 0.6) is 0 Å². The third-order valence-electron chi connectivity index (χ3n) is 4.02. The number of methoxy groups -OCH3 is 1. The summed E-state index contributed by atoms with van der Waals surface area (Å²) in [7, 11) is 1.63. The number of ether oxygens (including phenoxy) is 1. The van der Waals surface area contributed by atoms with E-state index in [9.17, 15) is 9.59 Å². The first kappa shape index (κ1) is 17.9. The Balaban J connectivity index is 1.55. The van der Waals surface area contributed by atoms with Crippen LogP contribution in [-0.4, -0.2) is 25.0 Å². The quantitative estimate of drug-likeness (QED) is 0.752. The molecule has 2 aromatic rings. The summed E-state index contributed by atoms with van der Waals surface area (Å²) in [6.45, 7) is 0.500. The second kappa shape index (κ2) is 8.45. The Hall–Kier alpha value is -2.92. The van der Waals surface area contributed by atoms with Gasteiger partial charge in [-0.3, -0.25) is 9.59 Å². The highest BCUT2D eigenvalue weighted by molar-refractivity contribution is 6.02. The molecule has 134 valence electrons. The van der Waals surface area contributed by atoms with E-state index in [0.717, 1.165) is 29.7 Å². The highest BCUT2D eigenvalue weighted by Crippen LogP contribution is 2.19. The van der Waals surface area contributed by atoms with Crippen molar-refractivity contribution >= 4 is 23.6 Å². The van der Waals surface area contributed by atoms with Crippen LogP contribution in [-0.2, 0) is 16.1 Å².